The average molecular weight is 370 g/mol. The van der Waals surface area contributed by atoms with Crippen molar-refractivity contribution in [1.82, 2.24) is 0 Å². The molecule has 0 aromatic heterocycles. The zero-order chi connectivity index (χ0) is 19.5. The first-order chi connectivity index (χ1) is 13.1. The minimum absolute atomic E-state index is 0.0722. The lowest BCUT2D eigenvalue weighted by Gasteiger charge is -2.28. The van der Waals surface area contributed by atoms with E-state index in [9.17, 15) is 5.11 Å². The predicted molar refractivity (Wildman–Crippen MR) is 108 cm³/mol. The van der Waals surface area contributed by atoms with E-state index in [1.165, 1.54) is 0 Å². The maximum Gasteiger partial charge on any atom is 0.118 e. The quantitative estimate of drug-likeness (QED) is 0.564. The Bertz CT molecular complexity index is 654. The maximum absolute atomic E-state index is 10.3. The van der Waals surface area contributed by atoms with Crippen LogP contribution in [0.15, 0.2) is 67.3 Å². The van der Waals surface area contributed by atoms with Gasteiger partial charge in [0.2, 0.25) is 0 Å². The average Bonchev–Trinajstić information content (AvgIpc) is 2.71. The molecule has 0 radical (unpaired) electrons. The molecule has 2 rings (SSSR count). The Labute approximate surface area is 162 Å². The molecule has 0 bridgehead atoms. The largest absolute Gasteiger partial charge is 0.497 e. The van der Waals surface area contributed by atoms with E-state index in [-0.39, 0.29) is 12.0 Å². The molecule has 0 heterocycles. The highest BCUT2D eigenvalue weighted by atomic mass is 16.5. The van der Waals surface area contributed by atoms with E-state index in [2.05, 4.69) is 6.58 Å². The molecule has 0 fully saturated rings. The van der Waals surface area contributed by atoms with Crippen molar-refractivity contribution in [2.75, 3.05) is 13.7 Å². The third-order valence-corrected chi connectivity index (χ3v) is 4.62. The summed E-state index contributed by atoms with van der Waals surface area (Å²) >= 11 is 0. The van der Waals surface area contributed by atoms with Crippen molar-refractivity contribution in [3.63, 3.8) is 0 Å². The number of hydrogen-bond donors (Lipinski definition) is 1. The van der Waals surface area contributed by atoms with Gasteiger partial charge in [0.1, 0.15) is 5.75 Å². The van der Waals surface area contributed by atoms with Crippen LogP contribution in [0.3, 0.4) is 0 Å². The van der Waals surface area contributed by atoms with Gasteiger partial charge in [-0.1, -0.05) is 55.5 Å². The fourth-order valence-electron chi connectivity index (χ4n) is 2.78. The molecule has 4 heteroatoms. The highest BCUT2D eigenvalue weighted by Gasteiger charge is 2.24. The molecule has 146 valence electrons. The Morgan fingerprint density at radius 1 is 1.00 bits per heavy atom. The molecule has 3 atom stereocenters. The van der Waals surface area contributed by atoms with Crippen LogP contribution in [0.2, 0.25) is 0 Å². The Morgan fingerprint density at radius 2 is 1.67 bits per heavy atom. The molecule has 4 nitrogen and oxygen atoms in total. The van der Waals surface area contributed by atoms with Crippen LogP contribution in [0.25, 0.3) is 0 Å². The molecular formula is C23H30O4. The van der Waals surface area contributed by atoms with Gasteiger partial charge in [-0.25, -0.2) is 0 Å². The van der Waals surface area contributed by atoms with Gasteiger partial charge in [-0.3, -0.25) is 0 Å². The van der Waals surface area contributed by atoms with Crippen molar-refractivity contribution in [1.29, 1.82) is 0 Å². The number of hydrogen-bond acceptors (Lipinski definition) is 4. The van der Waals surface area contributed by atoms with Gasteiger partial charge in [-0.05, 0) is 29.7 Å². The Balaban J connectivity index is 1.93. The van der Waals surface area contributed by atoms with Crippen LogP contribution in [0.5, 0.6) is 5.75 Å². The zero-order valence-electron chi connectivity index (χ0n) is 16.2. The molecule has 0 spiro atoms. The fraction of sp³-hybridized carbons (Fsp3) is 0.391. The molecule has 0 aliphatic rings. The van der Waals surface area contributed by atoms with Crippen LogP contribution < -0.4 is 4.74 Å². The molecule has 2 aromatic rings. The van der Waals surface area contributed by atoms with Crippen LogP contribution in [0.1, 0.15) is 24.5 Å². The first-order valence-corrected chi connectivity index (χ1v) is 9.29. The molecule has 0 aliphatic carbocycles. The number of methoxy groups -OCH3 is 1. The second kappa shape index (κ2) is 11.5. The minimum Gasteiger partial charge on any atom is -0.497 e. The monoisotopic (exact) mass is 370 g/mol. The highest BCUT2D eigenvalue weighted by Crippen LogP contribution is 2.19. The van der Waals surface area contributed by atoms with E-state index in [1.54, 1.807) is 13.2 Å². The van der Waals surface area contributed by atoms with E-state index in [0.717, 1.165) is 16.9 Å². The van der Waals surface area contributed by atoms with E-state index in [4.69, 9.17) is 14.2 Å². The van der Waals surface area contributed by atoms with E-state index < -0.39 is 6.10 Å². The molecule has 27 heavy (non-hydrogen) atoms. The molecule has 0 amide bonds. The second-order valence-corrected chi connectivity index (χ2v) is 6.65. The number of rotatable bonds is 12. The second-order valence-electron chi connectivity index (χ2n) is 6.65. The van der Waals surface area contributed by atoms with Crippen LogP contribution in [-0.4, -0.2) is 31.0 Å². The van der Waals surface area contributed by atoms with Gasteiger partial charge in [0.15, 0.2) is 0 Å². The van der Waals surface area contributed by atoms with Gasteiger partial charge in [-0.2, -0.15) is 0 Å². The van der Waals surface area contributed by atoms with Crippen LogP contribution in [0, 0.1) is 5.92 Å². The lowest BCUT2D eigenvalue weighted by Crippen LogP contribution is -2.35. The van der Waals surface area contributed by atoms with Gasteiger partial charge in [0.05, 0.1) is 39.1 Å². The summed E-state index contributed by atoms with van der Waals surface area (Å²) in [5, 5.41) is 10.3. The van der Waals surface area contributed by atoms with Gasteiger partial charge in [0, 0.05) is 5.92 Å². The molecule has 0 unspecified atom stereocenters. The van der Waals surface area contributed by atoms with Gasteiger partial charge < -0.3 is 19.3 Å². The Hall–Kier alpha value is -2.14. The Morgan fingerprint density at radius 3 is 2.30 bits per heavy atom. The molecule has 2 aromatic carbocycles. The highest BCUT2D eigenvalue weighted by molar-refractivity contribution is 5.26. The van der Waals surface area contributed by atoms with Crippen molar-refractivity contribution in [2.24, 2.45) is 5.92 Å². The molecular weight excluding hydrogens is 340 g/mol. The lowest BCUT2D eigenvalue weighted by atomic mass is 9.96. The summed E-state index contributed by atoms with van der Waals surface area (Å²) in [4.78, 5) is 0. The minimum atomic E-state index is -0.510. The molecule has 0 saturated carbocycles. The standard InChI is InChI=1S/C23H30O4/c1-4-8-22(24)18(2)23(17-26-15-19-9-6-5-7-10-19)27-16-20-11-13-21(25-3)14-12-20/h4-7,9-14,18,22-24H,1,8,15-17H2,2-3H3/t18-,22+,23-/m0/s1. The molecule has 0 aliphatic heterocycles. The number of benzene rings is 2. The topological polar surface area (TPSA) is 47.9 Å². The zero-order valence-corrected chi connectivity index (χ0v) is 16.2. The van der Waals surface area contributed by atoms with Crippen molar-refractivity contribution < 1.29 is 19.3 Å². The maximum atomic E-state index is 10.3. The summed E-state index contributed by atoms with van der Waals surface area (Å²) in [6.07, 6.45) is 1.53. The van der Waals surface area contributed by atoms with Crippen molar-refractivity contribution >= 4 is 0 Å². The van der Waals surface area contributed by atoms with E-state index in [1.807, 2.05) is 61.5 Å². The number of aliphatic hydroxyl groups is 1. The molecule has 1 N–H and O–H groups in total. The van der Waals surface area contributed by atoms with Crippen LogP contribution in [0.4, 0.5) is 0 Å². The van der Waals surface area contributed by atoms with Crippen molar-refractivity contribution in [3.05, 3.63) is 78.4 Å². The normalized spacial score (nSPS) is 14.3. The van der Waals surface area contributed by atoms with Gasteiger partial charge in [0.25, 0.3) is 0 Å². The smallest absolute Gasteiger partial charge is 0.118 e. The summed E-state index contributed by atoms with van der Waals surface area (Å²) in [6, 6.07) is 17.8. The third-order valence-electron chi connectivity index (χ3n) is 4.62. The van der Waals surface area contributed by atoms with Crippen molar-refractivity contribution in [3.8, 4) is 5.75 Å². The van der Waals surface area contributed by atoms with Crippen LogP contribution >= 0.6 is 0 Å². The number of ether oxygens (including phenoxy) is 3. The first-order valence-electron chi connectivity index (χ1n) is 9.29. The summed E-state index contributed by atoms with van der Waals surface area (Å²) in [5.41, 5.74) is 2.17. The van der Waals surface area contributed by atoms with E-state index in [0.29, 0.717) is 26.2 Å². The molecule has 0 saturated heterocycles. The third kappa shape index (κ3) is 7.18. The van der Waals surface area contributed by atoms with Crippen molar-refractivity contribution in [2.45, 2.75) is 38.8 Å². The lowest BCUT2D eigenvalue weighted by molar-refractivity contribution is -0.0813. The van der Waals surface area contributed by atoms with E-state index >= 15 is 0 Å². The summed E-state index contributed by atoms with van der Waals surface area (Å²) in [7, 11) is 1.65. The van der Waals surface area contributed by atoms with Crippen LogP contribution in [-0.2, 0) is 22.7 Å². The summed E-state index contributed by atoms with van der Waals surface area (Å²) < 4.78 is 17.2. The number of aliphatic hydroxyl groups excluding tert-OH is 1. The van der Waals surface area contributed by atoms with Gasteiger partial charge >= 0.3 is 0 Å². The SMILES string of the molecule is C=CC[C@@H](O)[C@H](C)[C@H](COCc1ccccc1)OCc1ccc(OC)cc1. The first kappa shape index (κ1) is 21.2. The summed E-state index contributed by atoms with van der Waals surface area (Å²) in [6.45, 7) is 7.09. The van der Waals surface area contributed by atoms with Gasteiger partial charge in [-0.15, -0.1) is 6.58 Å². The predicted octanol–water partition coefficient (Wildman–Crippen LogP) is 4.37. The fourth-order valence-corrected chi connectivity index (χ4v) is 2.78. The Kier molecular flexibility index (Phi) is 9.05. The summed E-state index contributed by atoms with van der Waals surface area (Å²) in [5.74, 6) is 0.744.